The Morgan fingerprint density at radius 2 is 2.03 bits per heavy atom. The molecule has 152 valence electrons. The molecule has 2 aromatic rings. The zero-order chi connectivity index (χ0) is 19.8. The van der Waals surface area contributed by atoms with Gasteiger partial charge in [0, 0.05) is 36.8 Å². The summed E-state index contributed by atoms with van der Waals surface area (Å²) in [5.41, 5.74) is 5.07. The molecule has 1 aromatic heterocycles. The minimum Gasteiger partial charge on any atom is -0.378 e. The molecule has 1 aromatic carbocycles. The SMILES string of the molecule is CC[C@H]1CSC2=N[C@@H](c3ccccn3)[C@@H](c3ccc(N4CCOCC4)cc3C)N21. The number of benzene rings is 1. The summed E-state index contributed by atoms with van der Waals surface area (Å²) in [5, 5.41) is 1.19. The number of pyridine rings is 1. The molecule has 6 heteroatoms. The quantitative estimate of drug-likeness (QED) is 0.758. The molecule has 0 unspecified atom stereocenters. The molecule has 3 aliphatic heterocycles. The summed E-state index contributed by atoms with van der Waals surface area (Å²) in [5.74, 6) is 1.13. The number of aromatic nitrogens is 1. The van der Waals surface area contributed by atoms with Crippen molar-refractivity contribution in [1.29, 1.82) is 0 Å². The number of anilines is 1. The number of ether oxygens (including phenoxy) is 1. The van der Waals surface area contributed by atoms with Gasteiger partial charge in [0.1, 0.15) is 6.04 Å². The average molecular weight is 409 g/mol. The summed E-state index contributed by atoms with van der Waals surface area (Å²) in [4.78, 5) is 14.8. The summed E-state index contributed by atoms with van der Waals surface area (Å²) >= 11 is 1.90. The Bertz CT molecular complexity index is 897. The molecule has 3 atom stereocenters. The number of amidine groups is 1. The van der Waals surface area contributed by atoms with E-state index < -0.39 is 0 Å². The fourth-order valence-electron chi connectivity index (χ4n) is 4.70. The van der Waals surface area contributed by atoms with Crippen molar-refractivity contribution in [2.45, 2.75) is 38.4 Å². The van der Waals surface area contributed by atoms with Crippen LogP contribution >= 0.6 is 11.8 Å². The van der Waals surface area contributed by atoms with E-state index in [1.807, 2.05) is 24.0 Å². The maximum Gasteiger partial charge on any atom is 0.160 e. The van der Waals surface area contributed by atoms with Crippen LogP contribution in [-0.2, 0) is 4.74 Å². The van der Waals surface area contributed by atoms with E-state index in [4.69, 9.17) is 9.73 Å². The molecule has 5 rings (SSSR count). The smallest absolute Gasteiger partial charge is 0.160 e. The molecule has 0 N–H and O–H groups in total. The average Bonchev–Trinajstić information content (AvgIpc) is 3.34. The van der Waals surface area contributed by atoms with E-state index in [1.54, 1.807) is 0 Å². The number of hydrogen-bond acceptors (Lipinski definition) is 6. The van der Waals surface area contributed by atoms with E-state index in [2.05, 4.69) is 59.0 Å². The first-order valence-electron chi connectivity index (χ1n) is 10.6. The normalized spacial score (nSPS) is 26.6. The second-order valence-corrected chi connectivity index (χ2v) is 8.96. The van der Waals surface area contributed by atoms with Crippen LogP contribution in [0, 0.1) is 6.92 Å². The van der Waals surface area contributed by atoms with Gasteiger partial charge in [-0.1, -0.05) is 30.8 Å². The number of rotatable bonds is 4. The van der Waals surface area contributed by atoms with Gasteiger partial charge in [0.2, 0.25) is 0 Å². The van der Waals surface area contributed by atoms with Gasteiger partial charge in [-0.2, -0.15) is 0 Å². The zero-order valence-corrected chi connectivity index (χ0v) is 17.9. The Kier molecular flexibility index (Phi) is 5.22. The van der Waals surface area contributed by atoms with Crippen molar-refractivity contribution in [2.24, 2.45) is 4.99 Å². The van der Waals surface area contributed by atoms with Crippen LogP contribution in [0.3, 0.4) is 0 Å². The Hall–Kier alpha value is -2.05. The molecule has 4 heterocycles. The van der Waals surface area contributed by atoms with Gasteiger partial charge >= 0.3 is 0 Å². The first-order valence-corrected chi connectivity index (χ1v) is 11.6. The summed E-state index contributed by atoms with van der Waals surface area (Å²) in [7, 11) is 0. The first-order chi connectivity index (χ1) is 14.3. The topological polar surface area (TPSA) is 41.0 Å². The molecule has 0 amide bonds. The Balaban J connectivity index is 1.52. The van der Waals surface area contributed by atoms with Crippen molar-refractivity contribution < 1.29 is 4.74 Å². The fourth-order valence-corrected chi connectivity index (χ4v) is 6.03. The number of thioether (sulfide) groups is 1. The molecule has 0 saturated carbocycles. The third-order valence-electron chi connectivity index (χ3n) is 6.28. The van der Waals surface area contributed by atoms with E-state index >= 15 is 0 Å². The van der Waals surface area contributed by atoms with E-state index in [-0.39, 0.29) is 12.1 Å². The highest BCUT2D eigenvalue weighted by atomic mass is 32.2. The van der Waals surface area contributed by atoms with E-state index in [0.29, 0.717) is 6.04 Å². The van der Waals surface area contributed by atoms with Crippen LogP contribution in [0.25, 0.3) is 0 Å². The molecule has 2 saturated heterocycles. The van der Waals surface area contributed by atoms with Crippen LogP contribution in [0.1, 0.15) is 42.2 Å². The lowest BCUT2D eigenvalue weighted by Gasteiger charge is -2.34. The summed E-state index contributed by atoms with van der Waals surface area (Å²) in [6.07, 6.45) is 3.03. The third kappa shape index (κ3) is 3.42. The molecule has 0 spiro atoms. The highest BCUT2D eigenvalue weighted by Gasteiger charge is 2.45. The minimum atomic E-state index is 0.0565. The van der Waals surface area contributed by atoms with Gasteiger partial charge in [0.05, 0.1) is 24.9 Å². The van der Waals surface area contributed by atoms with Crippen LogP contribution in [0.2, 0.25) is 0 Å². The highest BCUT2D eigenvalue weighted by Crippen LogP contribution is 2.49. The van der Waals surface area contributed by atoms with Crippen molar-refractivity contribution in [2.75, 3.05) is 37.0 Å². The van der Waals surface area contributed by atoms with Crippen molar-refractivity contribution in [3.05, 3.63) is 59.4 Å². The Morgan fingerprint density at radius 3 is 2.76 bits per heavy atom. The fraction of sp³-hybridized carbons (Fsp3) is 0.478. The van der Waals surface area contributed by atoms with Crippen LogP contribution in [0.5, 0.6) is 0 Å². The lowest BCUT2D eigenvalue weighted by molar-refractivity contribution is 0.122. The van der Waals surface area contributed by atoms with Crippen molar-refractivity contribution in [3.8, 4) is 0 Å². The largest absolute Gasteiger partial charge is 0.378 e. The summed E-state index contributed by atoms with van der Waals surface area (Å²) < 4.78 is 5.52. The minimum absolute atomic E-state index is 0.0565. The predicted octanol–water partition coefficient (Wildman–Crippen LogP) is 4.21. The van der Waals surface area contributed by atoms with Crippen molar-refractivity contribution in [3.63, 3.8) is 0 Å². The van der Waals surface area contributed by atoms with Gasteiger partial charge in [-0.15, -0.1) is 0 Å². The molecule has 2 fully saturated rings. The van der Waals surface area contributed by atoms with Gasteiger partial charge < -0.3 is 14.5 Å². The van der Waals surface area contributed by atoms with Gasteiger partial charge in [-0.05, 0) is 48.7 Å². The monoisotopic (exact) mass is 408 g/mol. The van der Waals surface area contributed by atoms with Crippen LogP contribution in [-0.4, -0.2) is 53.1 Å². The summed E-state index contributed by atoms with van der Waals surface area (Å²) in [6.45, 7) is 8.08. The number of aryl methyl sites for hydroxylation is 1. The lowest BCUT2D eigenvalue weighted by Crippen LogP contribution is -2.37. The number of morpholine rings is 1. The standard InChI is InChI=1S/C23H28N4OS/c1-3-17-15-29-23-25-21(20-6-4-5-9-24-20)22(27(17)23)19-8-7-18(14-16(19)2)26-10-12-28-13-11-26/h4-9,14,17,21-22H,3,10-13,15H2,1-2H3/t17-,21-,22+/m0/s1. The molecule has 0 aliphatic carbocycles. The van der Waals surface area contributed by atoms with Crippen molar-refractivity contribution in [1.82, 2.24) is 9.88 Å². The maximum absolute atomic E-state index is 5.52. The molecule has 3 aliphatic rings. The highest BCUT2D eigenvalue weighted by molar-refractivity contribution is 8.14. The van der Waals surface area contributed by atoms with Crippen LogP contribution < -0.4 is 4.90 Å². The van der Waals surface area contributed by atoms with Crippen LogP contribution in [0.4, 0.5) is 5.69 Å². The molecule has 0 radical (unpaired) electrons. The molecular weight excluding hydrogens is 380 g/mol. The van der Waals surface area contributed by atoms with Gasteiger partial charge in [-0.25, -0.2) is 0 Å². The van der Waals surface area contributed by atoms with E-state index in [0.717, 1.165) is 44.2 Å². The Labute approximate surface area is 177 Å². The molecule has 5 nitrogen and oxygen atoms in total. The number of hydrogen-bond donors (Lipinski definition) is 0. The Morgan fingerprint density at radius 1 is 1.17 bits per heavy atom. The predicted molar refractivity (Wildman–Crippen MR) is 120 cm³/mol. The van der Waals surface area contributed by atoms with Crippen molar-refractivity contribution >= 4 is 22.6 Å². The molecular formula is C23H28N4OS. The summed E-state index contributed by atoms with van der Waals surface area (Å²) in [6, 6.07) is 13.9. The number of aliphatic imine (C=N–C) groups is 1. The zero-order valence-electron chi connectivity index (χ0n) is 17.1. The van der Waals surface area contributed by atoms with Crippen LogP contribution in [0.15, 0.2) is 47.6 Å². The second-order valence-electron chi connectivity index (χ2n) is 7.98. The lowest BCUT2D eigenvalue weighted by atomic mass is 9.91. The number of nitrogens with zero attached hydrogens (tertiary/aromatic N) is 4. The van der Waals surface area contributed by atoms with Gasteiger partial charge in [0.15, 0.2) is 5.17 Å². The van der Waals surface area contributed by atoms with Gasteiger partial charge in [-0.3, -0.25) is 9.98 Å². The van der Waals surface area contributed by atoms with E-state index in [9.17, 15) is 0 Å². The third-order valence-corrected chi connectivity index (χ3v) is 7.40. The molecule has 0 bridgehead atoms. The first kappa shape index (κ1) is 18.9. The number of fused-ring (bicyclic) bond motifs is 1. The second kappa shape index (κ2) is 8.00. The van der Waals surface area contributed by atoms with E-state index in [1.165, 1.54) is 22.0 Å². The molecule has 29 heavy (non-hydrogen) atoms. The maximum atomic E-state index is 5.52. The van der Waals surface area contributed by atoms with Gasteiger partial charge in [0.25, 0.3) is 0 Å².